The van der Waals surface area contributed by atoms with Crippen LogP contribution in [0, 0.1) is 22.6 Å². The van der Waals surface area contributed by atoms with Gasteiger partial charge in [-0.15, -0.1) is 0 Å². The van der Waals surface area contributed by atoms with Gasteiger partial charge in [0.1, 0.15) is 22.9 Å². The Morgan fingerprint density at radius 3 is 2.43 bits per heavy atom. The van der Waals surface area contributed by atoms with Crippen LogP contribution in [0.3, 0.4) is 0 Å². The first kappa shape index (κ1) is 43.0. The van der Waals surface area contributed by atoms with Crippen molar-refractivity contribution in [1.82, 2.24) is 5.32 Å². The van der Waals surface area contributed by atoms with Gasteiger partial charge in [-0.05, 0) is 107 Å². The van der Waals surface area contributed by atoms with Crippen molar-refractivity contribution < 1.29 is 31.9 Å². The van der Waals surface area contributed by atoms with Crippen molar-refractivity contribution in [2.75, 3.05) is 6.61 Å². The number of ketones is 1. The zero-order valence-electron chi connectivity index (χ0n) is 31.4. The Labute approximate surface area is 320 Å². The Balaban J connectivity index is 2.13. The predicted octanol–water partition coefficient (Wildman–Crippen LogP) is 11.1. The quantitative estimate of drug-likeness (QED) is 0.0644. The molecule has 1 amide bonds. The van der Waals surface area contributed by atoms with Crippen LogP contribution in [0.25, 0.3) is 11.8 Å². The van der Waals surface area contributed by atoms with Gasteiger partial charge < -0.3 is 10.1 Å². The zero-order valence-corrected chi connectivity index (χ0v) is 32.2. The van der Waals surface area contributed by atoms with Crippen molar-refractivity contribution in [2.24, 2.45) is 5.41 Å². The molecule has 1 N–H and O–H groups in total. The van der Waals surface area contributed by atoms with Gasteiger partial charge in [0.2, 0.25) is 0 Å². The minimum atomic E-state index is -5.08. The highest BCUT2D eigenvalue weighted by Crippen LogP contribution is 2.37. The van der Waals surface area contributed by atoms with E-state index >= 15 is 0 Å². The van der Waals surface area contributed by atoms with E-state index in [2.05, 4.69) is 31.1 Å². The lowest BCUT2D eigenvalue weighted by Crippen LogP contribution is -2.27. The number of carbonyl (C=O) groups is 2. The minimum absolute atomic E-state index is 0.127. The third kappa shape index (κ3) is 10.6. The molecule has 0 bridgehead atoms. The number of hydrogen-bond acceptors (Lipinski definition) is 5. The van der Waals surface area contributed by atoms with Crippen molar-refractivity contribution in [3.05, 3.63) is 141 Å². The van der Waals surface area contributed by atoms with Crippen molar-refractivity contribution >= 4 is 40.5 Å². The monoisotopic (exact) mass is 756 g/mol. The Morgan fingerprint density at radius 2 is 1.83 bits per heavy atom. The third-order valence-corrected chi connectivity index (χ3v) is 9.31. The second-order valence-corrected chi connectivity index (χ2v) is 13.8. The topological polar surface area (TPSA) is 79.2 Å². The molecule has 282 valence electrons. The van der Waals surface area contributed by atoms with Gasteiger partial charge in [-0.1, -0.05) is 86.0 Å². The van der Waals surface area contributed by atoms with Gasteiger partial charge in [-0.3, -0.25) is 9.59 Å². The summed E-state index contributed by atoms with van der Waals surface area (Å²) in [5.74, 6) is -1.61. The van der Waals surface area contributed by atoms with Crippen molar-refractivity contribution in [2.45, 2.75) is 73.4 Å². The number of allylic oxidation sites excluding steroid dienone is 8. The normalized spacial score (nSPS) is 14.7. The van der Waals surface area contributed by atoms with Crippen LogP contribution < -0.4 is 10.1 Å². The summed E-state index contributed by atoms with van der Waals surface area (Å²) < 4.78 is 61.6. The molecule has 3 rings (SSSR count). The Bertz CT molecular complexity index is 2100. The maximum Gasteiger partial charge on any atom is 0.420 e. The van der Waals surface area contributed by atoms with Crippen molar-refractivity contribution in [3.8, 4) is 11.8 Å². The lowest BCUT2D eigenvalue weighted by atomic mass is 9.77. The molecule has 2 aromatic carbocycles. The number of nitriles is 1. The number of amides is 1. The first-order chi connectivity index (χ1) is 25.4. The van der Waals surface area contributed by atoms with Gasteiger partial charge in [-0.2, -0.15) is 18.4 Å². The minimum Gasteiger partial charge on any atom is -0.493 e. The second-order valence-electron chi connectivity index (χ2n) is 13.3. The highest BCUT2D eigenvalue weighted by Gasteiger charge is 2.38. The average Bonchev–Trinajstić information content (AvgIpc) is 3.09. The number of Topliss-reactive ketones (excluding diaryl/α,β-unsaturated/α-hetero) is 1. The van der Waals surface area contributed by atoms with Gasteiger partial charge in [0.05, 0.1) is 23.9 Å². The third-order valence-electron chi connectivity index (χ3n) is 9.05. The van der Waals surface area contributed by atoms with Gasteiger partial charge >= 0.3 is 6.18 Å². The number of benzene rings is 2. The molecule has 1 aliphatic rings. The number of nitrogens with one attached hydrogen (secondary N) is 1. The molecule has 0 saturated carbocycles. The summed E-state index contributed by atoms with van der Waals surface area (Å²) >= 11 is 5.54. The molecule has 54 heavy (non-hydrogen) atoms. The molecule has 1 heterocycles. The van der Waals surface area contributed by atoms with Crippen LogP contribution >= 0.6 is 12.2 Å². The van der Waals surface area contributed by atoms with E-state index in [1.165, 1.54) is 19.1 Å². The number of ether oxygens (including phenoxy) is 1. The Hall–Kier alpha value is -5.36. The molecule has 10 heteroatoms. The molecule has 0 fully saturated rings. The lowest BCUT2D eigenvalue weighted by Gasteiger charge is -2.26. The maximum atomic E-state index is 15.0. The van der Waals surface area contributed by atoms with Crippen LogP contribution in [0.5, 0.6) is 5.75 Å². The molecule has 0 radical (unpaired) electrons. The number of carbonyl (C=O) groups excluding carboxylic acids is 2. The summed E-state index contributed by atoms with van der Waals surface area (Å²) in [5, 5.41) is 12.1. The molecule has 0 saturated heterocycles. The number of thiocarbonyl (C=S) groups is 1. The van der Waals surface area contributed by atoms with E-state index in [4.69, 9.17) is 22.2 Å². The van der Waals surface area contributed by atoms with E-state index < -0.39 is 34.1 Å². The number of rotatable bonds is 15. The van der Waals surface area contributed by atoms with Crippen LogP contribution in [0.1, 0.15) is 88.6 Å². The van der Waals surface area contributed by atoms with Crippen LogP contribution in [0.2, 0.25) is 0 Å². The number of alkyl halides is 3. The smallest absolute Gasteiger partial charge is 0.420 e. The number of halogens is 4. The molecule has 0 aromatic heterocycles. The summed E-state index contributed by atoms with van der Waals surface area (Å²) in [5.41, 5.74) is 4.47. The molecular weight excluding hydrogens is 713 g/mol. The van der Waals surface area contributed by atoms with Crippen LogP contribution in [0.15, 0.2) is 107 Å². The lowest BCUT2D eigenvalue weighted by molar-refractivity contribution is -0.140. The van der Waals surface area contributed by atoms with Gasteiger partial charge in [0, 0.05) is 27.0 Å². The van der Waals surface area contributed by atoms with Crippen LogP contribution in [0.4, 0.5) is 17.6 Å². The molecule has 2 aromatic rings. The SMILES string of the molecule is C=CC(C)=C1C(=O)NC(c2cc(C/C(=C/C(=S)/C=C/c3ccc(C#N)c(C(F)(F)F)c3F)C(C)(C)C(C)=O)ccc2OCC)=C=CC=C1CC(=C)CCC. The highest BCUT2D eigenvalue weighted by molar-refractivity contribution is 7.81. The number of nitrogens with zero attached hydrogens (tertiary/aromatic N) is 1. The van der Waals surface area contributed by atoms with Gasteiger partial charge in [-0.25, -0.2) is 4.39 Å². The molecule has 0 spiro atoms. The standard InChI is InChI=1S/C44H44F4N2O3S/c1-9-13-27(4)22-32-14-12-15-37(50-42(52)39(32)28(5)10-2)36-24-30(16-21-38(36)53-11-3)23-34(43(7,8)29(6)51)25-35(54)20-19-31-17-18-33(26-49)40(41(31)45)44(46,47)48/h10,12,14,16-21,24-25H,2,4,9,11,13,22-23H2,1,3,5-8H3,(H,50,52)/b20-19+,32-14?,34-25-,39-28?. The predicted molar refractivity (Wildman–Crippen MR) is 211 cm³/mol. The van der Waals surface area contributed by atoms with E-state index in [0.29, 0.717) is 46.8 Å². The first-order valence-electron chi connectivity index (χ1n) is 17.4. The van der Waals surface area contributed by atoms with E-state index in [9.17, 15) is 27.2 Å². The molecular formula is C44H44F4N2O3S. The summed E-state index contributed by atoms with van der Waals surface area (Å²) in [6.45, 7) is 19.0. The molecule has 5 nitrogen and oxygen atoms in total. The van der Waals surface area contributed by atoms with Gasteiger partial charge in [0.15, 0.2) is 0 Å². The van der Waals surface area contributed by atoms with Crippen molar-refractivity contribution in [3.63, 3.8) is 0 Å². The van der Waals surface area contributed by atoms with Crippen LogP contribution in [-0.2, 0) is 22.2 Å². The van der Waals surface area contributed by atoms with Crippen LogP contribution in [-0.4, -0.2) is 23.2 Å². The molecule has 0 unspecified atom stereocenters. The fourth-order valence-corrected chi connectivity index (χ4v) is 5.96. The molecule has 1 aliphatic heterocycles. The summed E-state index contributed by atoms with van der Waals surface area (Å²) in [7, 11) is 0. The van der Waals surface area contributed by atoms with E-state index in [1.807, 2.05) is 32.1 Å². The molecule has 0 aliphatic carbocycles. The van der Waals surface area contributed by atoms with Crippen molar-refractivity contribution in [1.29, 1.82) is 5.26 Å². The highest BCUT2D eigenvalue weighted by atomic mass is 32.1. The fraction of sp³-hybridized carbons (Fsp3) is 0.295. The fourth-order valence-electron chi connectivity index (χ4n) is 5.75. The summed E-state index contributed by atoms with van der Waals surface area (Å²) in [4.78, 5) is 26.9. The summed E-state index contributed by atoms with van der Waals surface area (Å²) in [6, 6.07) is 8.76. The Morgan fingerprint density at radius 1 is 1.13 bits per heavy atom. The van der Waals surface area contributed by atoms with Gasteiger partial charge in [0.25, 0.3) is 5.91 Å². The zero-order chi connectivity index (χ0) is 40.4. The average molecular weight is 757 g/mol. The van der Waals surface area contributed by atoms with E-state index in [0.717, 1.165) is 47.8 Å². The summed E-state index contributed by atoms with van der Waals surface area (Å²) in [6.07, 6.45) is 6.58. The number of hydrogen-bond donors (Lipinski definition) is 1. The molecule has 0 atom stereocenters. The largest absolute Gasteiger partial charge is 0.493 e. The van der Waals surface area contributed by atoms with E-state index in [1.54, 1.807) is 38.1 Å². The maximum absolute atomic E-state index is 15.0. The Kier molecular flexibility index (Phi) is 14.8. The van der Waals surface area contributed by atoms with E-state index in [-0.39, 0.29) is 23.0 Å². The second kappa shape index (κ2) is 18.6. The first-order valence-corrected chi connectivity index (χ1v) is 17.8.